The highest BCUT2D eigenvalue weighted by molar-refractivity contribution is 7.90. The van der Waals surface area contributed by atoms with Gasteiger partial charge in [0.25, 0.3) is 0 Å². The van der Waals surface area contributed by atoms with E-state index in [1.54, 1.807) is 19.1 Å². The summed E-state index contributed by atoms with van der Waals surface area (Å²) in [6.45, 7) is 1.66. The van der Waals surface area contributed by atoms with Crippen LogP contribution in [0.4, 0.5) is 0 Å². The summed E-state index contributed by atoms with van der Waals surface area (Å²) in [4.78, 5) is 10.7. The van der Waals surface area contributed by atoms with Crippen molar-refractivity contribution < 1.29 is 18.3 Å². The van der Waals surface area contributed by atoms with E-state index in [0.717, 1.165) is 12.3 Å². The maximum Gasteiger partial charge on any atom is 0.328 e. The molecule has 0 saturated carbocycles. The van der Waals surface area contributed by atoms with E-state index in [9.17, 15) is 13.2 Å². The Hall–Kier alpha value is -1.62. The molecule has 1 N–H and O–H groups in total. The third kappa shape index (κ3) is 3.20. The molecule has 4 nitrogen and oxygen atoms in total. The Kier molecular flexibility index (Phi) is 3.49. The van der Waals surface area contributed by atoms with Gasteiger partial charge in [0.05, 0.1) is 4.90 Å². The van der Waals surface area contributed by atoms with E-state index in [1.807, 2.05) is 0 Å². The van der Waals surface area contributed by atoms with Crippen molar-refractivity contribution in [2.75, 3.05) is 6.26 Å². The largest absolute Gasteiger partial charge is 0.478 e. The molecular weight excluding hydrogens is 228 g/mol. The molecule has 16 heavy (non-hydrogen) atoms. The van der Waals surface area contributed by atoms with Crippen LogP contribution in [0.2, 0.25) is 0 Å². The van der Waals surface area contributed by atoms with Crippen LogP contribution in [0.25, 0.3) is 5.57 Å². The molecule has 0 spiro atoms. The minimum atomic E-state index is -3.20. The number of carboxylic acid groups (broad SMARTS) is 1. The lowest BCUT2D eigenvalue weighted by atomic mass is 10.1. The fourth-order valence-corrected chi connectivity index (χ4v) is 1.86. The highest BCUT2D eigenvalue weighted by atomic mass is 32.2. The zero-order valence-electron chi connectivity index (χ0n) is 8.97. The van der Waals surface area contributed by atoms with Gasteiger partial charge in [-0.25, -0.2) is 13.2 Å². The first kappa shape index (κ1) is 12.4. The maximum atomic E-state index is 11.2. The predicted octanol–water partition coefficient (Wildman–Crippen LogP) is 1.58. The Morgan fingerprint density at radius 2 is 1.75 bits per heavy atom. The average Bonchev–Trinajstić information content (AvgIpc) is 2.15. The van der Waals surface area contributed by atoms with Crippen LogP contribution in [0.5, 0.6) is 0 Å². The van der Waals surface area contributed by atoms with Crippen LogP contribution in [0.3, 0.4) is 0 Å². The molecule has 5 heteroatoms. The van der Waals surface area contributed by atoms with Crippen molar-refractivity contribution in [1.29, 1.82) is 0 Å². The standard InChI is InChI=1S/C11H12O4S/c1-8(7-11(12)13)9-3-5-10(6-4-9)16(2,14)15/h3-7H,1-2H3,(H,12,13). The number of hydrogen-bond donors (Lipinski definition) is 1. The lowest BCUT2D eigenvalue weighted by Gasteiger charge is -2.02. The van der Waals surface area contributed by atoms with E-state index >= 15 is 0 Å². The van der Waals surface area contributed by atoms with E-state index in [4.69, 9.17) is 5.11 Å². The summed E-state index contributed by atoms with van der Waals surface area (Å²) in [5.41, 5.74) is 1.27. The molecule has 0 heterocycles. The summed E-state index contributed by atoms with van der Waals surface area (Å²) in [5.74, 6) is -1.02. The quantitative estimate of drug-likeness (QED) is 0.814. The first-order valence-corrected chi connectivity index (χ1v) is 6.41. The topological polar surface area (TPSA) is 71.4 Å². The van der Waals surface area contributed by atoms with Crippen molar-refractivity contribution in [2.45, 2.75) is 11.8 Å². The third-order valence-corrected chi connectivity index (χ3v) is 3.21. The first-order chi connectivity index (χ1) is 7.30. The molecule has 0 aromatic heterocycles. The molecular formula is C11H12O4S. The molecule has 0 bridgehead atoms. The summed E-state index contributed by atoms with van der Waals surface area (Å²) >= 11 is 0. The van der Waals surface area contributed by atoms with Crippen molar-refractivity contribution in [2.24, 2.45) is 0 Å². The molecule has 1 aromatic rings. The molecule has 0 atom stereocenters. The molecule has 86 valence electrons. The van der Waals surface area contributed by atoms with Crippen LogP contribution in [-0.2, 0) is 14.6 Å². The first-order valence-electron chi connectivity index (χ1n) is 4.52. The molecule has 0 unspecified atom stereocenters. The SMILES string of the molecule is CC(=CC(=O)O)c1ccc(S(C)(=O)=O)cc1. The molecule has 0 aliphatic heterocycles. The number of benzene rings is 1. The third-order valence-electron chi connectivity index (χ3n) is 2.08. The van der Waals surface area contributed by atoms with Gasteiger partial charge in [0.1, 0.15) is 0 Å². The highest BCUT2D eigenvalue weighted by Crippen LogP contribution is 2.16. The zero-order chi connectivity index (χ0) is 12.3. The summed E-state index contributed by atoms with van der Waals surface area (Å²) < 4.78 is 22.4. The van der Waals surface area contributed by atoms with E-state index in [0.29, 0.717) is 11.1 Å². The monoisotopic (exact) mass is 240 g/mol. The zero-order valence-corrected chi connectivity index (χ0v) is 9.78. The predicted molar refractivity (Wildman–Crippen MR) is 60.8 cm³/mol. The fourth-order valence-electron chi connectivity index (χ4n) is 1.23. The van der Waals surface area contributed by atoms with E-state index in [2.05, 4.69) is 0 Å². The number of carbonyl (C=O) groups is 1. The average molecular weight is 240 g/mol. The summed E-state index contributed by atoms with van der Waals surface area (Å²) in [5, 5.41) is 8.56. The van der Waals surface area contributed by atoms with Gasteiger partial charge in [-0.2, -0.15) is 0 Å². The van der Waals surface area contributed by atoms with Gasteiger partial charge < -0.3 is 5.11 Å². The van der Waals surface area contributed by atoms with Crippen LogP contribution < -0.4 is 0 Å². The molecule has 1 aromatic carbocycles. The molecule has 0 saturated heterocycles. The Balaban J connectivity index is 3.10. The number of carboxylic acids is 1. The second-order valence-corrected chi connectivity index (χ2v) is 5.48. The molecule has 0 aliphatic rings. The van der Waals surface area contributed by atoms with Gasteiger partial charge >= 0.3 is 5.97 Å². The van der Waals surface area contributed by atoms with E-state index in [1.165, 1.54) is 12.1 Å². The van der Waals surface area contributed by atoms with Crippen LogP contribution in [0.1, 0.15) is 12.5 Å². The van der Waals surface area contributed by atoms with Gasteiger partial charge in [-0.3, -0.25) is 0 Å². The van der Waals surface area contributed by atoms with Crippen molar-refractivity contribution in [3.63, 3.8) is 0 Å². The molecule has 0 radical (unpaired) electrons. The normalized spacial score (nSPS) is 12.5. The minimum Gasteiger partial charge on any atom is -0.478 e. The number of aliphatic carboxylic acids is 1. The van der Waals surface area contributed by atoms with Crippen LogP contribution in [0, 0.1) is 0 Å². The summed E-state index contributed by atoms with van der Waals surface area (Å²) in [7, 11) is -3.20. The van der Waals surface area contributed by atoms with Crippen molar-refractivity contribution in [1.82, 2.24) is 0 Å². The maximum absolute atomic E-state index is 11.2. The van der Waals surface area contributed by atoms with Gasteiger partial charge in [0.15, 0.2) is 9.84 Å². The van der Waals surface area contributed by atoms with Gasteiger partial charge in [0.2, 0.25) is 0 Å². The number of hydrogen-bond acceptors (Lipinski definition) is 3. The molecule has 0 aliphatic carbocycles. The Morgan fingerprint density at radius 1 is 1.25 bits per heavy atom. The number of allylic oxidation sites excluding steroid dienone is 1. The fraction of sp³-hybridized carbons (Fsp3) is 0.182. The number of rotatable bonds is 3. The van der Waals surface area contributed by atoms with Gasteiger partial charge in [0, 0.05) is 12.3 Å². The Morgan fingerprint density at radius 3 is 2.12 bits per heavy atom. The van der Waals surface area contributed by atoms with Gasteiger partial charge in [-0.1, -0.05) is 12.1 Å². The Bertz CT molecular complexity index is 524. The molecule has 1 rings (SSSR count). The minimum absolute atomic E-state index is 0.222. The number of sulfone groups is 1. The summed E-state index contributed by atoms with van der Waals surface area (Å²) in [6.07, 6.45) is 2.21. The van der Waals surface area contributed by atoms with Crippen LogP contribution in [-0.4, -0.2) is 25.7 Å². The van der Waals surface area contributed by atoms with Crippen molar-refractivity contribution in [3.05, 3.63) is 35.9 Å². The van der Waals surface area contributed by atoms with E-state index < -0.39 is 15.8 Å². The molecule has 0 amide bonds. The lowest BCUT2D eigenvalue weighted by Crippen LogP contribution is -1.97. The van der Waals surface area contributed by atoms with E-state index in [-0.39, 0.29) is 4.90 Å². The Labute approximate surface area is 94.1 Å². The highest BCUT2D eigenvalue weighted by Gasteiger charge is 2.06. The van der Waals surface area contributed by atoms with Crippen LogP contribution in [0.15, 0.2) is 35.2 Å². The van der Waals surface area contributed by atoms with Crippen molar-refractivity contribution >= 4 is 21.4 Å². The van der Waals surface area contributed by atoms with Gasteiger partial charge in [-0.15, -0.1) is 0 Å². The summed E-state index contributed by atoms with van der Waals surface area (Å²) in [6, 6.07) is 6.10. The second-order valence-electron chi connectivity index (χ2n) is 3.46. The van der Waals surface area contributed by atoms with Gasteiger partial charge in [-0.05, 0) is 30.2 Å². The van der Waals surface area contributed by atoms with Crippen LogP contribution >= 0.6 is 0 Å². The second kappa shape index (κ2) is 4.49. The lowest BCUT2D eigenvalue weighted by molar-refractivity contribution is -0.131. The smallest absolute Gasteiger partial charge is 0.328 e. The molecule has 0 fully saturated rings. The van der Waals surface area contributed by atoms with Crippen molar-refractivity contribution in [3.8, 4) is 0 Å².